The number of hydrogen-bond donors (Lipinski definition) is 2. The smallest absolute Gasteiger partial charge is 0.256 e. The number of carbonyl (C=O) groups is 1. The molecule has 0 spiro atoms. The van der Waals surface area contributed by atoms with Crippen LogP contribution in [0.1, 0.15) is 34.1 Å². The van der Waals surface area contributed by atoms with Gasteiger partial charge in [-0.2, -0.15) is 5.10 Å². The minimum absolute atomic E-state index is 0.0572. The van der Waals surface area contributed by atoms with Gasteiger partial charge in [0.25, 0.3) is 5.91 Å². The second-order valence-electron chi connectivity index (χ2n) is 6.57. The lowest BCUT2D eigenvalue weighted by molar-refractivity contribution is 0.0755. The summed E-state index contributed by atoms with van der Waals surface area (Å²) in [6.07, 6.45) is 0.949. The molecule has 0 radical (unpaired) electrons. The van der Waals surface area contributed by atoms with Gasteiger partial charge < -0.3 is 10.2 Å². The maximum Gasteiger partial charge on any atom is 0.256 e. The summed E-state index contributed by atoms with van der Waals surface area (Å²) in [5.41, 5.74) is 3.65. The van der Waals surface area contributed by atoms with Crippen LogP contribution in [0.5, 0.6) is 0 Å². The number of carbonyl (C=O) groups excluding carboxylic acids is 1. The van der Waals surface area contributed by atoms with Gasteiger partial charge in [-0.25, -0.2) is 0 Å². The number of nitrogens with zero attached hydrogens (tertiary/aromatic N) is 2. The fourth-order valence-electron chi connectivity index (χ4n) is 3.52. The zero-order chi connectivity index (χ0) is 17.2. The highest BCUT2D eigenvalue weighted by molar-refractivity contribution is 6.06. The lowest BCUT2D eigenvalue weighted by Gasteiger charge is -2.25. The number of hydrogen-bond acceptors (Lipinski definition) is 3. The van der Waals surface area contributed by atoms with Crippen LogP contribution in [-0.4, -0.2) is 40.6 Å². The Hall–Kier alpha value is -2.66. The van der Waals surface area contributed by atoms with Gasteiger partial charge in [0.05, 0.1) is 5.56 Å². The van der Waals surface area contributed by atoms with Crippen molar-refractivity contribution in [1.29, 1.82) is 0 Å². The third-order valence-corrected chi connectivity index (χ3v) is 4.89. The number of aromatic amines is 1. The van der Waals surface area contributed by atoms with Crippen LogP contribution in [0.25, 0.3) is 10.9 Å². The van der Waals surface area contributed by atoms with Crippen molar-refractivity contribution in [2.24, 2.45) is 0 Å². The van der Waals surface area contributed by atoms with Crippen molar-refractivity contribution in [3.63, 3.8) is 0 Å². The number of aromatic nitrogens is 2. The molecule has 25 heavy (non-hydrogen) atoms. The average Bonchev–Trinajstić information content (AvgIpc) is 2.88. The third kappa shape index (κ3) is 3.03. The summed E-state index contributed by atoms with van der Waals surface area (Å²) in [6.45, 7) is 4.32. The molecule has 1 saturated heterocycles. The van der Waals surface area contributed by atoms with E-state index >= 15 is 0 Å². The van der Waals surface area contributed by atoms with Gasteiger partial charge in [0.2, 0.25) is 0 Å². The van der Waals surface area contributed by atoms with E-state index in [1.165, 1.54) is 5.56 Å². The van der Waals surface area contributed by atoms with E-state index in [0.29, 0.717) is 12.1 Å². The number of benzene rings is 2. The van der Waals surface area contributed by atoms with Gasteiger partial charge in [-0.15, -0.1) is 0 Å². The van der Waals surface area contributed by atoms with Crippen molar-refractivity contribution in [2.75, 3.05) is 19.6 Å². The molecule has 3 aromatic rings. The van der Waals surface area contributed by atoms with E-state index in [-0.39, 0.29) is 11.9 Å². The van der Waals surface area contributed by atoms with E-state index in [9.17, 15) is 4.79 Å². The van der Waals surface area contributed by atoms with E-state index < -0.39 is 0 Å². The standard InChI is InChI=1S/C20H22N4O/c1-14-16-9-5-10-17(19(16)23-22-14)20(25)24-12-6-11-21-18(13-24)15-7-3-2-4-8-15/h2-5,7-10,18,21H,6,11-13H2,1H3,(H,22,23). The van der Waals surface area contributed by atoms with E-state index in [1.54, 1.807) is 0 Å². The van der Waals surface area contributed by atoms with Crippen LogP contribution in [0.15, 0.2) is 48.5 Å². The summed E-state index contributed by atoms with van der Waals surface area (Å²) in [6, 6.07) is 16.3. The molecule has 4 rings (SSSR count). The Kier molecular flexibility index (Phi) is 4.24. The molecule has 1 unspecified atom stereocenters. The van der Waals surface area contributed by atoms with Crippen LogP contribution in [-0.2, 0) is 0 Å². The molecule has 5 heteroatoms. The highest BCUT2D eigenvalue weighted by atomic mass is 16.2. The Labute approximate surface area is 147 Å². The van der Waals surface area contributed by atoms with E-state index in [1.807, 2.05) is 48.2 Å². The van der Waals surface area contributed by atoms with E-state index in [4.69, 9.17) is 0 Å². The van der Waals surface area contributed by atoms with Gasteiger partial charge in [-0.3, -0.25) is 9.89 Å². The largest absolute Gasteiger partial charge is 0.337 e. The zero-order valence-electron chi connectivity index (χ0n) is 14.3. The maximum absolute atomic E-state index is 13.2. The highest BCUT2D eigenvalue weighted by Crippen LogP contribution is 2.23. The zero-order valence-corrected chi connectivity index (χ0v) is 14.3. The van der Waals surface area contributed by atoms with Crippen molar-refractivity contribution < 1.29 is 4.79 Å². The van der Waals surface area contributed by atoms with Crippen LogP contribution in [0, 0.1) is 6.92 Å². The van der Waals surface area contributed by atoms with Crippen molar-refractivity contribution in [3.05, 3.63) is 65.4 Å². The SMILES string of the molecule is Cc1[nH]nc2c(C(=O)N3CCCNC(c4ccccc4)C3)cccc12. The molecule has 2 heterocycles. The van der Waals surface area contributed by atoms with Crippen LogP contribution in [0.4, 0.5) is 0 Å². The number of amides is 1. The van der Waals surface area contributed by atoms with E-state index in [2.05, 4.69) is 27.6 Å². The van der Waals surface area contributed by atoms with Gasteiger partial charge in [-0.1, -0.05) is 42.5 Å². The van der Waals surface area contributed by atoms with Gasteiger partial charge in [-0.05, 0) is 31.5 Å². The Morgan fingerprint density at radius 1 is 1.16 bits per heavy atom. The summed E-state index contributed by atoms with van der Waals surface area (Å²) in [4.78, 5) is 15.2. The molecule has 128 valence electrons. The second-order valence-corrected chi connectivity index (χ2v) is 6.57. The third-order valence-electron chi connectivity index (χ3n) is 4.89. The first-order valence-electron chi connectivity index (χ1n) is 8.75. The lowest BCUT2D eigenvalue weighted by Crippen LogP contribution is -2.36. The van der Waals surface area contributed by atoms with E-state index in [0.717, 1.165) is 36.1 Å². The molecule has 0 bridgehead atoms. The Morgan fingerprint density at radius 2 is 2.00 bits per heavy atom. The van der Waals surface area contributed by atoms with Gasteiger partial charge in [0.15, 0.2) is 0 Å². The molecular weight excluding hydrogens is 312 g/mol. The molecular formula is C20H22N4O. The fourth-order valence-corrected chi connectivity index (χ4v) is 3.52. The molecule has 0 saturated carbocycles. The van der Waals surface area contributed by atoms with Crippen molar-refractivity contribution in [1.82, 2.24) is 20.4 Å². The molecule has 1 aliphatic heterocycles. The molecule has 2 aromatic carbocycles. The van der Waals surface area contributed by atoms with Crippen LogP contribution < -0.4 is 5.32 Å². The topological polar surface area (TPSA) is 61.0 Å². The summed E-state index contributed by atoms with van der Waals surface area (Å²) in [7, 11) is 0. The first-order valence-corrected chi connectivity index (χ1v) is 8.75. The van der Waals surface area contributed by atoms with Crippen LogP contribution >= 0.6 is 0 Å². The molecule has 1 atom stereocenters. The van der Waals surface area contributed by atoms with Gasteiger partial charge >= 0.3 is 0 Å². The Balaban J connectivity index is 1.64. The Bertz CT molecular complexity index is 887. The number of para-hydroxylation sites is 1. The molecule has 5 nitrogen and oxygen atoms in total. The predicted molar refractivity (Wildman–Crippen MR) is 98.5 cm³/mol. The minimum Gasteiger partial charge on any atom is -0.337 e. The van der Waals surface area contributed by atoms with Crippen LogP contribution in [0.3, 0.4) is 0 Å². The summed E-state index contributed by atoms with van der Waals surface area (Å²) in [5.74, 6) is 0.0572. The summed E-state index contributed by atoms with van der Waals surface area (Å²) >= 11 is 0. The quantitative estimate of drug-likeness (QED) is 0.757. The van der Waals surface area contributed by atoms with Crippen molar-refractivity contribution >= 4 is 16.8 Å². The normalized spacial score (nSPS) is 18.3. The van der Waals surface area contributed by atoms with Gasteiger partial charge in [0, 0.05) is 30.2 Å². The van der Waals surface area contributed by atoms with Crippen molar-refractivity contribution in [3.8, 4) is 0 Å². The second kappa shape index (κ2) is 6.69. The van der Waals surface area contributed by atoms with Crippen LogP contribution in [0.2, 0.25) is 0 Å². The molecule has 1 amide bonds. The lowest BCUT2D eigenvalue weighted by atomic mass is 10.1. The molecule has 1 aromatic heterocycles. The summed E-state index contributed by atoms with van der Waals surface area (Å²) < 4.78 is 0. The predicted octanol–water partition coefficient (Wildman–Crippen LogP) is 3.05. The number of nitrogens with one attached hydrogen (secondary N) is 2. The average molecular weight is 334 g/mol. The highest BCUT2D eigenvalue weighted by Gasteiger charge is 2.25. The van der Waals surface area contributed by atoms with Gasteiger partial charge in [0.1, 0.15) is 5.52 Å². The monoisotopic (exact) mass is 334 g/mol. The first kappa shape index (κ1) is 15.8. The first-order chi connectivity index (χ1) is 12.2. The molecule has 1 aliphatic rings. The Morgan fingerprint density at radius 3 is 2.84 bits per heavy atom. The fraction of sp³-hybridized carbons (Fsp3) is 0.300. The molecule has 1 fully saturated rings. The molecule has 0 aliphatic carbocycles. The number of fused-ring (bicyclic) bond motifs is 1. The maximum atomic E-state index is 13.2. The van der Waals surface area contributed by atoms with Crippen molar-refractivity contribution in [2.45, 2.75) is 19.4 Å². The number of aryl methyl sites for hydroxylation is 1. The molecule has 2 N–H and O–H groups in total. The number of H-pyrrole nitrogens is 1. The minimum atomic E-state index is 0.0572. The number of rotatable bonds is 2. The summed E-state index contributed by atoms with van der Waals surface area (Å²) in [5, 5.41) is 11.9.